The number of hydrogen-bond donors (Lipinski definition) is 2. The summed E-state index contributed by atoms with van der Waals surface area (Å²) in [6.45, 7) is 0.258. The summed E-state index contributed by atoms with van der Waals surface area (Å²) in [6.07, 6.45) is 9.59. The average Bonchev–Trinajstić information content (AvgIpc) is 3.94. The number of methoxy groups -OCH3 is 1. The molecule has 1 atom stereocenters. The van der Waals surface area contributed by atoms with Crippen LogP contribution in [0, 0.1) is 0 Å². The number of H-pyrrole nitrogens is 2. The molecule has 0 fully saturated rings. The van der Waals surface area contributed by atoms with Crippen LogP contribution in [0.1, 0.15) is 17.2 Å². The minimum Gasteiger partial charge on any atom is -0.487 e. The molecule has 248 valence electrons. The second kappa shape index (κ2) is 12.5. The number of nitrogens with one attached hydrogen (secondary N) is 2. The molecule has 2 N–H and O–H groups in total. The number of aromatic amines is 2. The Morgan fingerprint density at radius 2 is 1.61 bits per heavy atom. The Labute approximate surface area is 289 Å². The van der Waals surface area contributed by atoms with E-state index in [9.17, 15) is 0 Å². The Bertz CT molecular complexity index is 2610. The van der Waals surface area contributed by atoms with Crippen molar-refractivity contribution in [1.29, 1.82) is 0 Å². The summed E-state index contributed by atoms with van der Waals surface area (Å²) in [5.41, 5.74) is 6.05. The summed E-state index contributed by atoms with van der Waals surface area (Å²) in [6, 6.07) is 27.2. The molecule has 9 aromatic rings. The Morgan fingerprint density at radius 1 is 0.745 bits per heavy atom. The third-order valence-electron chi connectivity index (χ3n) is 8.59. The number of aromatic nitrogens is 9. The third-order valence-corrected chi connectivity index (χ3v) is 8.59. The van der Waals surface area contributed by atoms with Gasteiger partial charge in [0.05, 0.1) is 23.0 Å². The second-order valence-electron chi connectivity index (χ2n) is 11.5. The summed E-state index contributed by atoms with van der Waals surface area (Å²) in [5.74, 6) is -0.276. The van der Waals surface area contributed by atoms with Crippen molar-refractivity contribution in [1.82, 2.24) is 45.0 Å². The van der Waals surface area contributed by atoms with E-state index in [1.807, 2.05) is 60.7 Å². The van der Waals surface area contributed by atoms with Crippen LogP contribution in [-0.2, 0) is 17.1 Å². The van der Waals surface area contributed by atoms with Crippen LogP contribution in [-0.4, -0.2) is 52.1 Å². The number of benzene rings is 2. The zero-order valence-corrected chi connectivity index (χ0v) is 27.0. The Balaban J connectivity index is 1.21. The highest BCUT2D eigenvalue weighted by molar-refractivity contribution is 6.13. The first kappa shape index (κ1) is 30.1. The van der Waals surface area contributed by atoms with Gasteiger partial charge in [-0.3, -0.25) is 15.0 Å². The van der Waals surface area contributed by atoms with Gasteiger partial charge in [0.1, 0.15) is 41.8 Å². The highest BCUT2D eigenvalue weighted by Gasteiger charge is 2.44. The molecule has 0 saturated carbocycles. The molecule has 0 amide bonds. The average molecular weight is 674 g/mol. The molecule has 0 bridgehead atoms. The topological polar surface area (TPSA) is 163 Å². The number of ether oxygens (including phenoxy) is 3. The van der Waals surface area contributed by atoms with Crippen molar-refractivity contribution in [2.24, 2.45) is 0 Å². The molecular formula is C38H27N9O4. The van der Waals surface area contributed by atoms with E-state index in [0.29, 0.717) is 39.7 Å². The van der Waals surface area contributed by atoms with E-state index in [2.05, 4.69) is 47.2 Å². The van der Waals surface area contributed by atoms with Crippen LogP contribution in [0.15, 0.2) is 127 Å². The van der Waals surface area contributed by atoms with Gasteiger partial charge in [-0.15, -0.1) is 0 Å². The number of pyridine rings is 3. The van der Waals surface area contributed by atoms with E-state index in [0.717, 1.165) is 33.1 Å². The number of rotatable bonds is 10. The maximum absolute atomic E-state index is 6.77. The molecule has 51 heavy (non-hydrogen) atoms. The van der Waals surface area contributed by atoms with Gasteiger partial charge in [0.15, 0.2) is 17.2 Å². The minimum atomic E-state index is -1.68. The lowest BCUT2D eigenvalue weighted by Crippen LogP contribution is -2.38. The molecule has 13 nitrogen and oxygen atoms in total. The zero-order valence-electron chi connectivity index (χ0n) is 27.0. The molecule has 7 heterocycles. The summed E-state index contributed by atoms with van der Waals surface area (Å²) < 4.78 is 25.4. The lowest BCUT2D eigenvalue weighted by molar-refractivity contribution is -0.146. The minimum absolute atomic E-state index is 0.230. The normalized spacial score (nSPS) is 12.7. The highest BCUT2D eigenvalue weighted by atomic mass is 16.7. The molecule has 0 aliphatic rings. The number of imidazole rings is 1. The van der Waals surface area contributed by atoms with Gasteiger partial charge in [-0.1, -0.05) is 41.6 Å². The van der Waals surface area contributed by atoms with Gasteiger partial charge in [-0.2, -0.15) is 0 Å². The third kappa shape index (κ3) is 5.19. The largest absolute Gasteiger partial charge is 0.487 e. The monoisotopic (exact) mass is 673 g/mol. The molecule has 13 heteroatoms. The maximum Gasteiger partial charge on any atom is 0.314 e. The fourth-order valence-corrected chi connectivity index (χ4v) is 6.27. The molecule has 0 radical (unpaired) electrons. The molecular weight excluding hydrogens is 646 g/mol. The second-order valence-corrected chi connectivity index (χ2v) is 11.5. The summed E-state index contributed by atoms with van der Waals surface area (Å²) >= 11 is 0. The van der Waals surface area contributed by atoms with Crippen LogP contribution in [0.3, 0.4) is 0 Å². The van der Waals surface area contributed by atoms with E-state index in [-0.39, 0.29) is 18.1 Å². The molecule has 1 unspecified atom stereocenters. The highest BCUT2D eigenvalue weighted by Crippen LogP contribution is 2.46. The summed E-state index contributed by atoms with van der Waals surface area (Å²) in [7, 11) is 1.51. The van der Waals surface area contributed by atoms with Gasteiger partial charge in [-0.05, 0) is 48.5 Å². The van der Waals surface area contributed by atoms with Crippen molar-refractivity contribution in [3.8, 4) is 34.1 Å². The maximum atomic E-state index is 6.77. The van der Waals surface area contributed by atoms with E-state index in [1.54, 1.807) is 36.9 Å². The Kier molecular flexibility index (Phi) is 7.36. The number of hydrogen-bond acceptors (Lipinski definition) is 11. The van der Waals surface area contributed by atoms with Crippen LogP contribution in [0.2, 0.25) is 0 Å². The fourth-order valence-electron chi connectivity index (χ4n) is 6.27. The Hall–Kier alpha value is -6.99. The lowest BCUT2D eigenvalue weighted by atomic mass is 9.98. The van der Waals surface area contributed by atoms with E-state index >= 15 is 0 Å². The molecule has 0 aliphatic heterocycles. The molecule has 9 rings (SSSR count). The van der Waals surface area contributed by atoms with Crippen LogP contribution >= 0.6 is 0 Å². The lowest BCUT2D eigenvalue weighted by Gasteiger charge is -2.29. The molecule has 2 aromatic carbocycles. The molecule has 0 aliphatic carbocycles. The Morgan fingerprint density at radius 3 is 2.45 bits per heavy atom. The zero-order chi connectivity index (χ0) is 34.2. The summed E-state index contributed by atoms with van der Waals surface area (Å²) in [5, 5.41) is 6.26. The van der Waals surface area contributed by atoms with Crippen molar-refractivity contribution >= 4 is 33.0 Å². The smallest absolute Gasteiger partial charge is 0.314 e. The number of para-hydroxylation sites is 1. The molecule has 0 spiro atoms. The van der Waals surface area contributed by atoms with E-state index in [4.69, 9.17) is 28.7 Å². The number of fused-ring (bicyclic) bond motifs is 4. The SMILES string of the molecule is COC(Oc1cnoc1-c1ncccc1-c1c(OCc2ccccn2)ccc2c1[nH]c1ccccc12)(c1ccccn1)c1nc2ncncc2[nH]1. The first-order chi connectivity index (χ1) is 25.2. The number of nitrogens with zero attached hydrogens (tertiary/aromatic N) is 7. The van der Waals surface area contributed by atoms with Gasteiger partial charge < -0.3 is 28.7 Å². The van der Waals surface area contributed by atoms with Gasteiger partial charge >= 0.3 is 5.79 Å². The van der Waals surface area contributed by atoms with Gasteiger partial charge in [0.2, 0.25) is 5.76 Å². The quantitative estimate of drug-likeness (QED) is 0.144. The van der Waals surface area contributed by atoms with Crippen LogP contribution in [0.25, 0.3) is 55.6 Å². The van der Waals surface area contributed by atoms with Gasteiger partial charge in [0, 0.05) is 47.6 Å². The first-order valence-electron chi connectivity index (χ1n) is 16.0. The van der Waals surface area contributed by atoms with Crippen LogP contribution in [0.4, 0.5) is 0 Å². The van der Waals surface area contributed by atoms with Gasteiger partial charge in [0.25, 0.3) is 0 Å². The van der Waals surface area contributed by atoms with Crippen molar-refractivity contribution < 1.29 is 18.7 Å². The molecule has 0 saturated heterocycles. The van der Waals surface area contributed by atoms with Crippen molar-refractivity contribution in [2.45, 2.75) is 12.4 Å². The first-order valence-corrected chi connectivity index (χ1v) is 16.0. The van der Waals surface area contributed by atoms with Crippen molar-refractivity contribution in [2.75, 3.05) is 7.11 Å². The van der Waals surface area contributed by atoms with Crippen molar-refractivity contribution in [3.05, 3.63) is 139 Å². The predicted molar refractivity (Wildman–Crippen MR) is 187 cm³/mol. The van der Waals surface area contributed by atoms with Crippen molar-refractivity contribution in [3.63, 3.8) is 0 Å². The molecule has 7 aromatic heterocycles. The standard InChI is InChI=1S/C38H27N9O4/c1-48-38(31-13-5-7-17-41-31,37-46-28-19-39-22-43-36(28)47-37)50-30-20-44-51-35(30)34-26(11-8-18-42-34)32-29(49-21-23-9-4-6-16-40-23)15-14-25-24-10-2-3-12-27(24)45-33(25)32/h2-20,22,45H,21H2,1H3,(H,39,43,46,47). The predicted octanol–water partition coefficient (Wildman–Crippen LogP) is 7.00. The fraction of sp³-hybridized carbons (Fsp3) is 0.0789. The summed E-state index contributed by atoms with van der Waals surface area (Å²) in [4.78, 5) is 33.8. The van der Waals surface area contributed by atoms with Crippen LogP contribution in [0.5, 0.6) is 11.5 Å². The van der Waals surface area contributed by atoms with Gasteiger partial charge in [-0.25, -0.2) is 15.0 Å². The van der Waals surface area contributed by atoms with E-state index < -0.39 is 5.79 Å². The van der Waals surface area contributed by atoms with E-state index in [1.165, 1.54) is 19.6 Å². The van der Waals surface area contributed by atoms with Crippen LogP contribution < -0.4 is 9.47 Å².